The van der Waals surface area contributed by atoms with Gasteiger partial charge in [0.15, 0.2) is 11.5 Å². The Hall–Kier alpha value is -2.69. The number of carbonyl (C=O) groups excluding carboxylic acids is 1. The van der Waals surface area contributed by atoms with Crippen LogP contribution in [0.4, 0.5) is 0 Å². The van der Waals surface area contributed by atoms with Crippen LogP contribution in [0.5, 0.6) is 17.2 Å². The molecule has 2 aromatic rings. The summed E-state index contributed by atoms with van der Waals surface area (Å²) < 4.78 is 16.5. The normalized spacial score (nSPS) is 16.8. The number of hydrogen-bond donors (Lipinski definition) is 1. The monoisotopic (exact) mass is 339 g/mol. The second-order valence-corrected chi connectivity index (χ2v) is 6.52. The number of amides is 1. The molecule has 0 atom stereocenters. The van der Waals surface area contributed by atoms with Crippen molar-refractivity contribution in [1.29, 1.82) is 0 Å². The largest absolute Gasteiger partial charge is 0.496 e. The minimum atomic E-state index is -0.110. The zero-order valence-electron chi connectivity index (χ0n) is 14.2. The van der Waals surface area contributed by atoms with Crippen molar-refractivity contribution in [2.75, 3.05) is 26.9 Å². The predicted molar refractivity (Wildman–Crippen MR) is 93.7 cm³/mol. The molecule has 2 aliphatic rings. The molecule has 0 spiro atoms. The predicted octanol–water partition coefficient (Wildman–Crippen LogP) is 2.93. The summed E-state index contributed by atoms with van der Waals surface area (Å²) in [7, 11) is 1.57. The third kappa shape index (κ3) is 3.02. The molecule has 0 aromatic heterocycles. The fourth-order valence-electron chi connectivity index (χ4n) is 3.27. The molecule has 1 fully saturated rings. The molecule has 0 radical (unpaired) electrons. The Morgan fingerprint density at radius 2 is 1.88 bits per heavy atom. The molecular formula is C20H21NO4. The van der Waals surface area contributed by atoms with Gasteiger partial charge in [0, 0.05) is 12.0 Å². The standard InChI is InChI=1S/C20H21NO4/c1-23-16-5-3-2-4-15(16)19(22)21-13-20(8-9-20)14-6-7-17-18(12-14)25-11-10-24-17/h2-7,12H,8-11,13H2,1H3,(H,21,22). The summed E-state index contributed by atoms with van der Waals surface area (Å²) in [5, 5.41) is 3.06. The molecular weight excluding hydrogens is 318 g/mol. The van der Waals surface area contributed by atoms with Crippen LogP contribution in [0.2, 0.25) is 0 Å². The summed E-state index contributed by atoms with van der Waals surface area (Å²) in [6, 6.07) is 13.4. The molecule has 0 unspecified atom stereocenters. The Morgan fingerprint density at radius 1 is 1.12 bits per heavy atom. The average Bonchev–Trinajstić information content (AvgIpc) is 3.47. The van der Waals surface area contributed by atoms with Crippen molar-refractivity contribution in [3.63, 3.8) is 0 Å². The highest BCUT2D eigenvalue weighted by molar-refractivity contribution is 5.97. The third-order valence-electron chi connectivity index (χ3n) is 4.95. The molecule has 25 heavy (non-hydrogen) atoms. The Balaban J connectivity index is 1.48. The Labute approximate surface area is 146 Å². The first kappa shape index (κ1) is 15.8. The molecule has 1 aliphatic carbocycles. The molecule has 1 saturated carbocycles. The maximum atomic E-state index is 12.5. The summed E-state index contributed by atoms with van der Waals surface area (Å²) in [5.74, 6) is 2.07. The molecule has 0 saturated heterocycles. The van der Waals surface area contributed by atoms with Gasteiger partial charge in [-0.2, -0.15) is 0 Å². The number of para-hydroxylation sites is 1. The molecule has 1 heterocycles. The van der Waals surface area contributed by atoms with Crippen LogP contribution in [0.3, 0.4) is 0 Å². The number of benzene rings is 2. The first-order valence-electron chi connectivity index (χ1n) is 8.53. The van der Waals surface area contributed by atoms with Gasteiger partial charge in [0.05, 0.1) is 12.7 Å². The van der Waals surface area contributed by atoms with E-state index in [2.05, 4.69) is 17.4 Å². The van der Waals surface area contributed by atoms with E-state index in [9.17, 15) is 4.79 Å². The van der Waals surface area contributed by atoms with Crippen molar-refractivity contribution in [1.82, 2.24) is 5.32 Å². The van der Waals surface area contributed by atoms with Crippen LogP contribution >= 0.6 is 0 Å². The molecule has 1 amide bonds. The quantitative estimate of drug-likeness (QED) is 0.910. The van der Waals surface area contributed by atoms with Crippen LogP contribution in [0.1, 0.15) is 28.8 Å². The molecule has 1 aliphatic heterocycles. The maximum absolute atomic E-state index is 12.5. The van der Waals surface area contributed by atoms with Gasteiger partial charge in [-0.05, 0) is 42.7 Å². The van der Waals surface area contributed by atoms with E-state index < -0.39 is 0 Å². The van der Waals surface area contributed by atoms with E-state index in [1.807, 2.05) is 18.2 Å². The number of carbonyl (C=O) groups is 1. The third-order valence-corrected chi connectivity index (χ3v) is 4.95. The van der Waals surface area contributed by atoms with Gasteiger partial charge in [0.25, 0.3) is 5.91 Å². The van der Waals surface area contributed by atoms with E-state index in [4.69, 9.17) is 14.2 Å². The fourth-order valence-corrected chi connectivity index (χ4v) is 3.27. The second-order valence-electron chi connectivity index (χ2n) is 6.52. The van der Waals surface area contributed by atoms with Gasteiger partial charge < -0.3 is 19.5 Å². The van der Waals surface area contributed by atoms with Crippen LogP contribution in [0.15, 0.2) is 42.5 Å². The molecule has 4 rings (SSSR count). The zero-order valence-corrected chi connectivity index (χ0v) is 14.2. The van der Waals surface area contributed by atoms with Crippen molar-refractivity contribution in [2.45, 2.75) is 18.3 Å². The van der Waals surface area contributed by atoms with E-state index in [1.165, 1.54) is 5.56 Å². The van der Waals surface area contributed by atoms with Crippen LogP contribution in [0, 0.1) is 0 Å². The lowest BCUT2D eigenvalue weighted by atomic mass is 9.95. The highest BCUT2D eigenvalue weighted by Crippen LogP contribution is 2.49. The number of fused-ring (bicyclic) bond motifs is 1. The van der Waals surface area contributed by atoms with E-state index in [0.717, 1.165) is 24.3 Å². The lowest BCUT2D eigenvalue weighted by Gasteiger charge is -2.22. The van der Waals surface area contributed by atoms with E-state index >= 15 is 0 Å². The number of hydrogen-bond acceptors (Lipinski definition) is 4. The lowest BCUT2D eigenvalue weighted by Crippen LogP contribution is -2.32. The SMILES string of the molecule is COc1ccccc1C(=O)NCC1(c2ccc3c(c2)OCCO3)CC1. The highest BCUT2D eigenvalue weighted by Gasteiger charge is 2.45. The van der Waals surface area contributed by atoms with Crippen LogP contribution < -0.4 is 19.5 Å². The molecule has 130 valence electrons. The fraction of sp³-hybridized carbons (Fsp3) is 0.350. The van der Waals surface area contributed by atoms with Crippen LogP contribution in [-0.2, 0) is 5.41 Å². The van der Waals surface area contributed by atoms with Gasteiger partial charge in [0.2, 0.25) is 0 Å². The summed E-state index contributed by atoms with van der Waals surface area (Å²) >= 11 is 0. The lowest BCUT2D eigenvalue weighted by molar-refractivity contribution is 0.0946. The van der Waals surface area contributed by atoms with E-state index in [-0.39, 0.29) is 11.3 Å². The van der Waals surface area contributed by atoms with Gasteiger partial charge in [-0.15, -0.1) is 0 Å². The summed E-state index contributed by atoms with van der Waals surface area (Å²) in [6.07, 6.45) is 2.11. The minimum Gasteiger partial charge on any atom is -0.496 e. The van der Waals surface area contributed by atoms with Crippen LogP contribution in [-0.4, -0.2) is 32.8 Å². The maximum Gasteiger partial charge on any atom is 0.255 e. The summed E-state index contributed by atoms with van der Waals surface area (Å²) in [5.41, 5.74) is 1.74. The van der Waals surface area contributed by atoms with Gasteiger partial charge in [0.1, 0.15) is 19.0 Å². The van der Waals surface area contributed by atoms with Gasteiger partial charge in [-0.1, -0.05) is 18.2 Å². The number of nitrogens with one attached hydrogen (secondary N) is 1. The Kier molecular flexibility index (Phi) is 3.99. The molecule has 5 heteroatoms. The van der Waals surface area contributed by atoms with E-state index in [0.29, 0.717) is 31.1 Å². The topological polar surface area (TPSA) is 56.8 Å². The molecule has 2 aromatic carbocycles. The first-order valence-corrected chi connectivity index (χ1v) is 8.53. The van der Waals surface area contributed by atoms with Crippen molar-refractivity contribution < 1.29 is 19.0 Å². The van der Waals surface area contributed by atoms with Crippen LogP contribution in [0.25, 0.3) is 0 Å². The number of rotatable bonds is 5. The Morgan fingerprint density at radius 3 is 2.64 bits per heavy atom. The zero-order chi connectivity index (χ0) is 17.3. The van der Waals surface area contributed by atoms with Crippen molar-refractivity contribution in [3.8, 4) is 17.2 Å². The van der Waals surface area contributed by atoms with Gasteiger partial charge in [-0.25, -0.2) is 0 Å². The van der Waals surface area contributed by atoms with Crippen molar-refractivity contribution >= 4 is 5.91 Å². The molecule has 5 nitrogen and oxygen atoms in total. The summed E-state index contributed by atoms with van der Waals surface area (Å²) in [4.78, 5) is 12.5. The molecule has 1 N–H and O–H groups in total. The average molecular weight is 339 g/mol. The van der Waals surface area contributed by atoms with E-state index in [1.54, 1.807) is 19.2 Å². The first-order chi connectivity index (χ1) is 12.2. The smallest absolute Gasteiger partial charge is 0.255 e. The summed E-state index contributed by atoms with van der Waals surface area (Å²) in [6.45, 7) is 1.77. The number of ether oxygens (including phenoxy) is 3. The van der Waals surface area contributed by atoms with Crippen molar-refractivity contribution in [3.05, 3.63) is 53.6 Å². The Bertz CT molecular complexity index is 798. The minimum absolute atomic E-state index is 0.00644. The second kappa shape index (κ2) is 6.31. The van der Waals surface area contributed by atoms with Gasteiger partial charge >= 0.3 is 0 Å². The van der Waals surface area contributed by atoms with Crippen molar-refractivity contribution in [2.24, 2.45) is 0 Å². The number of methoxy groups -OCH3 is 1. The highest BCUT2D eigenvalue weighted by atomic mass is 16.6. The van der Waals surface area contributed by atoms with Gasteiger partial charge in [-0.3, -0.25) is 4.79 Å². The molecule has 0 bridgehead atoms.